The van der Waals surface area contributed by atoms with Crippen LogP contribution in [0.3, 0.4) is 0 Å². The highest BCUT2D eigenvalue weighted by Crippen LogP contribution is 2.48. The first kappa shape index (κ1) is 20.2. The van der Waals surface area contributed by atoms with Crippen LogP contribution in [0, 0.1) is 35.2 Å². The summed E-state index contributed by atoms with van der Waals surface area (Å²) in [6.07, 6.45) is 8.16. The number of hydrogen-bond donors (Lipinski definition) is 0. The number of benzene rings is 2. The van der Waals surface area contributed by atoms with Gasteiger partial charge in [0.2, 0.25) is 0 Å². The van der Waals surface area contributed by atoms with Gasteiger partial charge in [0, 0.05) is 0 Å². The van der Waals surface area contributed by atoms with Gasteiger partial charge in [0.1, 0.15) is 17.2 Å². The Hall–Kier alpha value is -2.04. The first-order chi connectivity index (χ1) is 13.9. The molecule has 0 saturated heterocycles. The molecule has 4 unspecified atom stereocenters. The van der Waals surface area contributed by atoms with Gasteiger partial charge in [0.05, 0.1) is 12.5 Å². The fourth-order valence-electron chi connectivity index (χ4n) is 5.62. The fourth-order valence-corrected chi connectivity index (χ4v) is 5.62. The third-order valence-corrected chi connectivity index (χ3v) is 7.26. The SMILES string of the molecule is CCC1CCC2CC(c3cc(F)c4c(F)c(C(=O)OC)c(F)cc4c3)CCC2C1. The number of halogens is 3. The second kappa shape index (κ2) is 8.00. The van der Waals surface area contributed by atoms with E-state index in [1.165, 1.54) is 31.7 Å². The highest BCUT2D eigenvalue weighted by Gasteiger charge is 2.36. The molecule has 0 heterocycles. The lowest BCUT2D eigenvalue weighted by molar-refractivity contribution is 0.0590. The molecule has 2 nitrogen and oxygen atoms in total. The first-order valence-corrected chi connectivity index (χ1v) is 10.6. The van der Waals surface area contributed by atoms with E-state index in [0.29, 0.717) is 5.92 Å². The fraction of sp³-hybridized carbons (Fsp3) is 0.542. The van der Waals surface area contributed by atoms with E-state index in [1.54, 1.807) is 6.07 Å². The normalized spacial score (nSPS) is 26.9. The van der Waals surface area contributed by atoms with E-state index in [2.05, 4.69) is 11.7 Å². The first-order valence-electron chi connectivity index (χ1n) is 10.6. The molecule has 29 heavy (non-hydrogen) atoms. The van der Waals surface area contributed by atoms with Crippen LogP contribution in [0.4, 0.5) is 13.2 Å². The van der Waals surface area contributed by atoms with E-state index >= 15 is 0 Å². The van der Waals surface area contributed by atoms with Crippen LogP contribution in [-0.2, 0) is 4.74 Å². The van der Waals surface area contributed by atoms with E-state index in [1.807, 2.05) is 0 Å². The second-order valence-electron chi connectivity index (χ2n) is 8.76. The Bertz CT molecular complexity index is 940. The number of ether oxygens (including phenoxy) is 1. The summed E-state index contributed by atoms with van der Waals surface area (Å²) < 4.78 is 48.4. The molecule has 0 radical (unpaired) electrons. The summed E-state index contributed by atoms with van der Waals surface area (Å²) in [4.78, 5) is 11.7. The molecular formula is C24H27F3O2. The minimum Gasteiger partial charge on any atom is -0.465 e. The van der Waals surface area contributed by atoms with Gasteiger partial charge in [-0.2, -0.15) is 0 Å². The van der Waals surface area contributed by atoms with E-state index in [9.17, 15) is 18.0 Å². The highest BCUT2D eigenvalue weighted by molar-refractivity contribution is 5.96. The van der Waals surface area contributed by atoms with Gasteiger partial charge in [-0.25, -0.2) is 18.0 Å². The Morgan fingerprint density at radius 2 is 1.72 bits per heavy atom. The topological polar surface area (TPSA) is 26.3 Å². The van der Waals surface area contributed by atoms with E-state index in [0.717, 1.165) is 49.8 Å². The lowest BCUT2D eigenvalue weighted by Crippen LogP contribution is -2.30. The molecule has 0 aromatic heterocycles. The number of carbonyl (C=O) groups is 1. The van der Waals surface area contributed by atoms with Gasteiger partial charge in [-0.15, -0.1) is 0 Å². The predicted octanol–water partition coefficient (Wildman–Crippen LogP) is 6.75. The molecule has 0 amide bonds. The molecule has 2 aromatic rings. The van der Waals surface area contributed by atoms with E-state index < -0.39 is 29.0 Å². The molecule has 4 atom stereocenters. The van der Waals surface area contributed by atoms with Gasteiger partial charge in [0.15, 0.2) is 5.82 Å². The number of hydrogen-bond acceptors (Lipinski definition) is 2. The van der Waals surface area contributed by atoms with Crippen molar-refractivity contribution in [3.8, 4) is 0 Å². The summed E-state index contributed by atoms with van der Waals surface area (Å²) in [5.41, 5.74) is -0.0458. The zero-order valence-corrected chi connectivity index (χ0v) is 16.9. The minimum absolute atomic E-state index is 0.152. The van der Waals surface area contributed by atoms with Crippen LogP contribution in [0.15, 0.2) is 18.2 Å². The molecule has 0 spiro atoms. The average Bonchev–Trinajstić information content (AvgIpc) is 2.72. The molecule has 0 bridgehead atoms. The molecule has 0 N–H and O–H groups in total. The summed E-state index contributed by atoms with van der Waals surface area (Å²) >= 11 is 0. The Balaban J connectivity index is 1.65. The van der Waals surface area contributed by atoms with Crippen LogP contribution in [-0.4, -0.2) is 13.1 Å². The van der Waals surface area contributed by atoms with Crippen molar-refractivity contribution >= 4 is 16.7 Å². The van der Waals surface area contributed by atoms with Crippen LogP contribution in [0.1, 0.15) is 73.7 Å². The minimum atomic E-state index is -1.20. The molecule has 2 aliphatic rings. The summed E-state index contributed by atoms with van der Waals surface area (Å²) in [6.45, 7) is 2.26. The van der Waals surface area contributed by atoms with E-state index in [4.69, 9.17) is 0 Å². The third kappa shape index (κ3) is 3.64. The standard InChI is InChI=1S/C24H27F3O2/c1-3-13-4-5-15-9-16(7-6-14(15)8-13)17-10-18-12-20(26)22(24(28)29-2)23(27)21(18)19(25)11-17/h10-16H,3-9H2,1-2H3. The van der Waals surface area contributed by atoms with Crippen molar-refractivity contribution in [1.29, 1.82) is 0 Å². The molecule has 2 aliphatic carbocycles. The molecule has 0 aliphatic heterocycles. The maximum atomic E-state index is 14.9. The molecule has 2 saturated carbocycles. The molecule has 2 fully saturated rings. The Labute approximate surface area is 169 Å². The lowest BCUT2D eigenvalue weighted by atomic mass is 9.63. The summed E-state index contributed by atoms with van der Waals surface area (Å²) in [5, 5.41) is -0.202. The Morgan fingerprint density at radius 3 is 2.45 bits per heavy atom. The monoisotopic (exact) mass is 404 g/mol. The number of rotatable bonds is 3. The van der Waals surface area contributed by atoms with Crippen molar-refractivity contribution in [2.45, 2.75) is 57.8 Å². The maximum Gasteiger partial charge on any atom is 0.343 e. The number of fused-ring (bicyclic) bond motifs is 2. The molecular weight excluding hydrogens is 377 g/mol. The maximum absolute atomic E-state index is 14.9. The predicted molar refractivity (Wildman–Crippen MR) is 106 cm³/mol. The van der Waals surface area contributed by atoms with Gasteiger partial charge >= 0.3 is 5.97 Å². The van der Waals surface area contributed by atoms with Crippen LogP contribution in [0.25, 0.3) is 10.8 Å². The van der Waals surface area contributed by atoms with Crippen molar-refractivity contribution in [1.82, 2.24) is 0 Å². The second-order valence-corrected chi connectivity index (χ2v) is 8.76. The Kier molecular flexibility index (Phi) is 5.58. The van der Waals surface area contributed by atoms with Gasteiger partial charge in [0.25, 0.3) is 0 Å². The number of esters is 1. The summed E-state index contributed by atoms with van der Waals surface area (Å²) in [7, 11) is 1.04. The third-order valence-electron chi connectivity index (χ3n) is 7.26. The van der Waals surface area contributed by atoms with Crippen LogP contribution >= 0.6 is 0 Å². The zero-order chi connectivity index (χ0) is 20.7. The quantitative estimate of drug-likeness (QED) is 0.529. The molecule has 5 heteroatoms. The van der Waals surface area contributed by atoms with Crippen LogP contribution in [0.2, 0.25) is 0 Å². The molecule has 4 rings (SSSR count). The van der Waals surface area contributed by atoms with Gasteiger partial charge in [-0.1, -0.05) is 25.8 Å². The number of methoxy groups -OCH3 is 1. The number of carbonyl (C=O) groups excluding carboxylic acids is 1. The van der Waals surface area contributed by atoms with Crippen molar-refractivity contribution in [2.24, 2.45) is 17.8 Å². The smallest absolute Gasteiger partial charge is 0.343 e. The van der Waals surface area contributed by atoms with Crippen molar-refractivity contribution < 1.29 is 22.7 Å². The highest BCUT2D eigenvalue weighted by atomic mass is 19.1. The zero-order valence-electron chi connectivity index (χ0n) is 16.9. The van der Waals surface area contributed by atoms with Crippen molar-refractivity contribution in [3.63, 3.8) is 0 Å². The van der Waals surface area contributed by atoms with E-state index in [-0.39, 0.29) is 16.7 Å². The largest absolute Gasteiger partial charge is 0.465 e. The van der Waals surface area contributed by atoms with Gasteiger partial charge in [-0.3, -0.25) is 0 Å². The summed E-state index contributed by atoms with van der Waals surface area (Å²) in [5.74, 6) is -1.67. The van der Waals surface area contributed by atoms with Crippen LogP contribution in [0.5, 0.6) is 0 Å². The van der Waals surface area contributed by atoms with Gasteiger partial charge < -0.3 is 4.74 Å². The molecule has 156 valence electrons. The van der Waals surface area contributed by atoms with Crippen molar-refractivity contribution in [2.75, 3.05) is 7.11 Å². The van der Waals surface area contributed by atoms with Gasteiger partial charge in [-0.05, 0) is 78.9 Å². The van der Waals surface area contributed by atoms with Crippen molar-refractivity contribution in [3.05, 3.63) is 46.8 Å². The lowest BCUT2D eigenvalue weighted by Gasteiger charge is -2.42. The average molecular weight is 404 g/mol. The summed E-state index contributed by atoms with van der Waals surface area (Å²) in [6, 6.07) is 4.09. The Morgan fingerprint density at radius 1 is 1.00 bits per heavy atom. The van der Waals surface area contributed by atoms with Crippen LogP contribution < -0.4 is 0 Å². The molecule has 2 aromatic carbocycles.